The van der Waals surface area contributed by atoms with Gasteiger partial charge in [-0.3, -0.25) is 9.59 Å². The molecule has 0 saturated heterocycles. The Morgan fingerprint density at radius 2 is 2.00 bits per heavy atom. The summed E-state index contributed by atoms with van der Waals surface area (Å²) in [7, 11) is 1.49. The van der Waals surface area contributed by atoms with Crippen LogP contribution in [0.2, 0.25) is 0 Å². The third-order valence-electron chi connectivity index (χ3n) is 2.92. The van der Waals surface area contributed by atoms with Crippen LogP contribution in [0.15, 0.2) is 18.2 Å². The number of hydrogen-bond acceptors (Lipinski definition) is 5. The highest BCUT2D eigenvalue weighted by atomic mass is 16.5. The molecule has 0 radical (unpaired) electrons. The predicted octanol–water partition coefficient (Wildman–Crippen LogP) is 1.82. The molecule has 122 valence electrons. The fourth-order valence-electron chi connectivity index (χ4n) is 1.75. The summed E-state index contributed by atoms with van der Waals surface area (Å²) < 4.78 is 15.8. The fraction of sp³-hybridized carbons (Fsp3) is 0.500. The van der Waals surface area contributed by atoms with E-state index in [0.717, 1.165) is 6.42 Å². The minimum absolute atomic E-state index is 0.0584. The van der Waals surface area contributed by atoms with E-state index in [9.17, 15) is 9.59 Å². The van der Waals surface area contributed by atoms with Gasteiger partial charge in [0.05, 0.1) is 7.11 Å². The van der Waals surface area contributed by atoms with Crippen molar-refractivity contribution in [3.63, 3.8) is 0 Å². The van der Waals surface area contributed by atoms with E-state index in [0.29, 0.717) is 36.8 Å². The molecule has 0 aliphatic rings. The predicted molar refractivity (Wildman–Crippen MR) is 82.6 cm³/mol. The number of carbonyl (C=O) groups is 2. The number of ketones is 1. The Kier molecular flexibility index (Phi) is 7.99. The van der Waals surface area contributed by atoms with Gasteiger partial charge in [-0.15, -0.1) is 0 Å². The van der Waals surface area contributed by atoms with Gasteiger partial charge >= 0.3 is 0 Å². The van der Waals surface area contributed by atoms with Crippen LogP contribution < -0.4 is 14.8 Å². The van der Waals surface area contributed by atoms with Crippen molar-refractivity contribution < 1.29 is 23.8 Å². The van der Waals surface area contributed by atoms with E-state index in [4.69, 9.17) is 14.2 Å². The third kappa shape index (κ3) is 6.13. The van der Waals surface area contributed by atoms with Gasteiger partial charge in [-0.25, -0.2) is 0 Å². The van der Waals surface area contributed by atoms with Gasteiger partial charge in [0, 0.05) is 25.3 Å². The molecule has 0 heterocycles. The minimum Gasteiger partial charge on any atom is -0.493 e. The average molecular weight is 309 g/mol. The van der Waals surface area contributed by atoms with Gasteiger partial charge < -0.3 is 19.5 Å². The zero-order valence-corrected chi connectivity index (χ0v) is 13.3. The number of rotatable bonds is 10. The highest BCUT2D eigenvalue weighted by Crippen LogP contribution is 2.28. The summed E-state index contributed by atoms with van der Waals surface area (Å²) in [6.45, 7) is 5.14. The molecule has 0 bridgehead atoms. The molecular weight excluding hydrogens is 286 g/mol. The first-order valence-electron chi connectivity index (χ1n) is 7.24. The first-order valence-corrected chi connectivity index (χ1v) is 7.24. The Morgan fingerprint density at radius 3 is 2.64 bits per heavy atom. The van der Waals surface area contributed by atoms with Crippen LogP contribution >= 0.6 is 0 Å². The molecule has 22 heavy (non-hydrogen) atoms. The second-order valence-corrected chi connectivity index (χ2v) is 4.61. The lowest BCUT2D eigenvalue weighted by Gasteiger charge is -2.11. The van der Waals surface area contributed by atoms with Crippen LogP contribution in [0.3, 0.4) is 0 Å². The maximum absolute atomic E-state index is 11.7. The number of nitrogens with one attached hydrogen (secondary N) is 1. The van der Waals surface area contributed by atoms with Crippen LogP contribution in [0.1, 0.15) is 30.6 Å². The average Bonchev–Trinajstić information content (AvgIpc) is 2.52. The van der Waals surface area contributed by atoms with E-state index in [1.165, 1.54) is 14.0 Å². The van der Waals surface area contributed by atoms with Crippen LogP contribution in [0.4, 0.5) is 0 Å². The highest BCUT2D eigenvalue weighted by molar-refractivity contribution is 5.94. The Labute approximate surface area is 130 Å². The van der Waals surface area contributed by atoms with Gasteiger partial charge in [0.25, 0.3) is 5.91 Å². The van der Waals surface area contributed by atoms with Crippen LogP contribution in [0, 0.1) is 0 Å². The molecule has 0 saturated carbocycles. The van der Waals surface area contributed by atoms with Crippen molar-refractivity contribution in [2.45, 2.75) is 20.3 Å². The Balaban J connectivity index is 2.43. The van der Waals surface area contributed by atoms with Crippen LogP contribution in [-0.2, 0) is 9.53 Å². The number of Topliss-reactive ketones (excluding diaryl/α,β-unsaturated/α-hetero) is 1. The summed E-state index contributed by atoms with van der Waals surface area (Å²) in [4.78, 5) is 23.0. The van der Waals surface area contributed by atoms with Crippen molar-refractivity contribution >= 4 is 11.7 Å². The van der Waals surface area contributed by atoms with E-state index in [2.05, 4.69) is 5.32 Å². The zero-order chi connectivity index (χ0) is 16.4. The van der Waals surface area contributed by atoms with Crippen molar-refractivity contribution in [2.24, 2.45) is 0 Å². The second kappa shape index (κ2) is 9.78. The molecule has 6 heteroatoms. The summed E-state index contributed by atoms with van der Waals surface area (Å²) in [6.07, 6.45) is 0.760. The van der Waals surface area contributed by atoms with E-state index in [1.54, 1.807) is 18.2 Å². The molecule has 0 unspecified atom stereocenters. The number of ether oxygens (including phenoxy) is 3. The largest absolute Gasteiger partial charge is 0.493 e. The molecule has 1 N–H and O–H groups in total. The maximum atomic E-state index is 11.7. The molecule has 0 aliphatic heterocycles. The Morgan fingerprint density at radius 1 is 1.23 bits per heavy atom. The van der Waals surface area contributed by atoms with Gasteiger partial charge in [-0.1, -0.05) is 0 Å². The lowest BCUT2D eigenvalue weighted by atomic mass is 10.1. The summed E-state index contributed by atoms with van der Waals surface area (Å²) in [5.41, 5.74) is 0.532. The Bertz CT molecular complexity index is 501. The number of methoxy groups -OCH3 is 1. The SMILES string of the molecule is CCOCCCNC(=O)COc1ccc(C(C)=O)cc1OC. The highest BCUT2D eigenvalue weighted by Gasteiger charge is 2.10. The lowest BCUT2D eigenvalue weighted by molar-refractivity contribution is -0.123. The number of benzene rings is 1. The monoisotopic (exact) mass is 309 g/mol. The van der Waals surface area contributed by atoms with Crippen molar-refractivity contribution in [1.29, 1.82) is 0 Å². The van der Waals surface area contributed by atoms with Crippen LogP contribution in [-0.4, -0.2) is 45.2 Å². The van der Waals surface area contributed by atoms with Crippen molar-refractivity contribution in [2.75, 3.05) is 33.5 Å². The van der Waals surface area contributed by atoms with Gasteiger partial charge in [-0.2, -0.15) is 0 Å². The second-order valence-electron chi connectivity index (χ2n) is 4.61. The van der Waals surface area contributed by atoms with E-state index < -0.39 is 0 Å². The fourth-order valence-corrected chi connectivity index (χ4v) is 1.75. The topological polar surface area (TPSA) is 73.9 Å². The Hall–Kier alpha value is -2.08. The van der Waals surface area contributed by atoms with Gasteiger partial charge in [0.1, 0.15) is 0 Å². The molecule has 1 aromatic carbocycles. The summed E-state index contributed by atoms with van der Waals surface area (Å²) in [6, 6.07) is 4.86. The molecule has 1 aromatic rings. The molecule has 0 spiro atoms. The van der Waals surface area contributed by atoms with E-state index >= 15 is 0 Å². The molecule has 0 fully saturated rings. The molecule has 6 nitrogen and oxygen atoms in total. The summed E-state index contributed by atoms with van der Waals surface area (Å²) >= 11 is 0. The number of carbonyl (C=O) groups excluding carboxylic acids is 2. The zero-order valence-electron chi connectivity index (χ0n) is 13.3. The van der Waals surface area contributed by atoms with Gasteiger partial charge in [0.15, 0.2) is 23.9 Å². The van der Waals surface area contributed by atoms with Crippen LogP contribution in [0.25, 0.3) is 0 Å². The number of amides is 1. The first-order chi connectivity index (χ1) is 10.6. The van der Waals surface area contributed by atoms with Crippen molar-refractivity contribution in [3.05, 3.63) is 23.8 Å². The van der Waals surface area contributed by atoms with Crippen LogP contribution in [0.5, 0.6) is 11.5 Å². The van der Waals surface area contributed by atoms with Gasteiger partial charge in [-0.05, 0) is 38.5 Å². The molecule has 0 aromatic heterocycles. The standard InChI is InChI=1S/C16H23NO5/c1-4-21-9-5-8-17-16(19)11-22-14-7-6-13(12(2)18)10-15(14)20-3/h6-7,10H,4-5,8-9,11H2,1-3H3,(H,17,19). The lowest BCUT2D eigenvalue weighted by Crippen LogP contribution is -2.30. The molecule has 0 atom stereocenters. The van der Waals surface area contributed by atoms with Gasteiger partial charge in [0.2, 0.25) is 0 Å². The van der Waals surface area contributed by atoms with E-state index in [1.807, 2.05) is 6.92 Å². The number of hydrogen-bond donors (Lipinski definition) is 1. The third-order valence-corrected chi connectivity index (χ3v) is 2.92. The maximum Gasteiger partial charge on any atom is 0.257 e. The van der Waals surface area contributed by atoms with Crippen molar-refractivity contribution in [1.82, 2.24) is 5.32 Å². The normalized spacial score (nSPS) is 10.1. The molecule has 1 amide bonds. The molecule has 0 aliphatic carbocycles. The van der Waals surface area contributed by atoms with Crippen molar-refractivity contribution in [3.8, 4) is 11.5 Å². The van der Waals surface area contributed by atoms with E-state index in [-0.39, 0.29) is 18.3 Å². The first kappa shape index (κ1) is 18.0. The summed E-state index contributed by atoms with van der Waals surface area (Å²) in [5, 5.41) is 2.74. The molecule has 1 rings (SSSR count). The quantitative estimate of drug-likeness (QED) is 0.527. The minimum atomic E-state index is -0.214. The smallest absolute Gasteiger partial charge is 0.257 e. The summed E-state index contributed by atoms with van der Waals surface area (Å²) in [5.74, 6) is 0.583. The molecular formula is C16H23NO5.